The molecule has 0 bridgehead atoms. The maximum Gasteiger partial charge on any atom is 0.411 e. The molecule has 2 unspecified atom stereocenters. The van der Waals surface area contributed by atoms with Gasteiger partial charge in [0.2, 0.25) is 0 Å². The first kappa shape index (κ1) is 20.0. The van der Waals surface area contributed by atoms with E-state index >= 15 is 0 Å². The third-order valence-corrected chi connectivity index (χ3v) is 5.66. The zero-order valence-corrected chi connectivity index (χ0v) is 17.4. The third kappa shape index (κ3) is 4.01. The summed E-state index contributed by atoms with van der Waals surface area (Å²) in [4.78, 5) is 16.2. The monoisotopic (exact) mass is 404 g/mol. The zero-order chi connectivity index (χ0) is 21.3. The van der Waals surface area contributed by atoms with Crippen molar-refractivity contribution in [3.8, 4) is 11.1 Å². The predicted octanol–water partition coefficient (Wildman–Crippen LogP) is 5.81. The molecule has 5 heteroatoms. The second kappa shape index (κ2) is 8.19. The lowest BCUT2D eigenvalue weighted by Gasteiger charge is -2.22. The summed E-state index contributed by atoms with van der Waals surface area (Å²) in [7, 11) is 4.05. The number of anilines is 1. The van der Waals surface area contributed by atoms with Crippen LogP contribution in [0.3, 0.4) is 0 Å². The highest BCUT2D eigenvalue weighted by molar-refractivity contribution is 5.71. The molecule has 1 fully saturated rings. The van der Waals surface area contributed by atoms with Gasteiger partial charge in [0.15, 0.2) is 0 Å². The number of carbonyl (C=O) groups excluding carboxylic acids is 1. The average Bonchev–Trinajstić information content (AvgIpc) is 3.15. The van der Waals surface area contributed by atoms with Gasteiger partial charge in [-0.05, 0) is 53.4 Å². The number of halogens is 1. The molecule has 1 aliphatic rings. The molecule has 0 radical (unpaired) electrons. The maximum atomic E-state index is 13.2. The molecule has 0 saturated carbocycles. The summed E-state index contributed by atoms with van der Waals surface area (Å²) in [6, 6.07) is 22.7. The number of amides is 1. The number of hydrogen-bond donors (Lipinski definition) is 0. The van der Waals surface area contributed by atoms with E-state index in [2.05, 4.69) is 53.4 Å². The highest BCUT2D eigenvalue weighted by atomic mass is 19.1. The molecule has 0 spiro atoms. The minimum Gasteiger partial charge on any atom is -0.439 e. The van der Waals surface area contributed by atoms with Gasteiger partial charge in [-0.2, -0.15) is 0 Å². The van der Waals surface area contributed by atoms with E-state index in [1.54, 1.807) is 17.0 Å². The largest absolute Gasteiger partial charge is 0.439 e. The van der Waals surface area contributed by atoms with E-state index in [1.165, 1.54) is 12.1 Å². The smallest absolute Gasteiger partial charge is 0.411 e. The quantitative estimate of drug-likeness (QED) is 0.538. The number of ether oxygens (including phenoxy) is 1. The molecule has 1 aliphatic heterocycles. The average molecular weight is 404 g/mol. The fraction of sp³-hybridized carbons (Fsp3) is 0.240. The molecule has 4 rings (SSSR count). The topological polar surface area (TPSA) is 32.8 Å². The van der Waals surface area contributed by atoms with Crippen LogP contribution in [0, 0.1) is 5.82 Å². The molecule has 0 N–H and O–H groups in total. The van der Waals surface area contributed by atoms with Crippen molar-refractivity contribution in [2.45, 2.75) is 19.1 Å². The molecule has 0 aromatic heterocycles. The molecule has 4 nitrogen and oxygen atoms in total. The van der Waals surface area contributed by atoms with Crippen molar-refractivity contribution in [2.24, 2.45) is 0 Å². The predicted molar refractivity (Wildman–Crippen MR) is 117 cm³/mol. The molecule has 3 aromatic carbocycles. The number of cyclic esters (lactones) is 1. The normalized spacial score (nSPS) is 17.0. The second-order valence-electron chi connectivity index (χ2n) is 7.82. The van der Waals surface area contributed by atoms with Gasteiger partial charge < -0.3 is 9.64 Å². The number of rotatable bonds is 5. The van der Waals surface area contributed by atoms with Gasteiger partial charge in [0.1, 0.15) is 11.9 Å². The van der Waals surface area contributed by atoms with E-state index < -0.39 is 0 Å². The summed E-state index contributed by atoms with van der Waals surface area (Å²) < 4.78 is 18.7. The molecule has 2 atom stereocenters. The fourth-order valence-corrected chi connectivity index (χ4v) is 3.73. The Balaban J connectivity index is 1.47. The summed E-state index contributed by atoms with van der Waals surface area (Å²) in [5.74, 6) is -0.301. The van der Waals surface area contributed by atoms with Gasteiger partial charge in [-0.25, -0.2) is 9.18 Å². The van der Waals surface area contributed by atoms with Crippen molar-refractivity contribution in [1.82, 2.24) is 4.90 Å². The van der Waals surface area contributed by atoms with Crippen LogP contribution in [-0.4, -0.2) is 31.6 Å². The highest BCUT2D eigenvalue weighted by Crippen LogP contribution is 2.33. The van der Waals surface area contributed by atoms with Gasteiger partial charge >= 0.3 is 6.09 Å². The first-order chi connectivity index (χ1) is 14.4. The lowest BCUT2D eigenvalue weighted by molar-refractivity contribution is 0.129. The first-order valence-corrected chi connectivity index (χ1v) is 10.0. The van der Waals surface area contributed by atoms with Crippen molar-refractivity contribution in [2.75, 3.05) is 25.5 Å². The molecule has 1 saturated heterocycles. The van der Waals surface area contributed by atoms with Crippen molar-refractivity contribution in [3.63, 3.8) is 0 Å². The Bertz CT molecular complexity index is 1010. The van der Waals surface area contributed by atoms with Crippen molar-refractivity contribution in [3.05, 3.63) is 89.7 Å². The minimum atomic E-state index is -0.380. The summed E-state index contributed by atoms with van der Waals surface area (Å²) in [5.41, 5.74) is 5.28. The Labute approximate surface area is 176 Å². The van der Waals surface area contributed by atoms with Crippen LogP contribution < -0.4 is 4.90 Å². The molecule has 154 valence electrons. The van der Waals surface area contributed by atoms with E-state index in [9.17, 15) is 9.18 Å². The Hall–Kier alpha value is -3.34. The SMILES string of the molecule is CC(c1ccc(-c2ccc(N(C)C)cc2)cc1)N1CC(c2ccc(F)cc2)OC1=O. The maximum absolute atomic E-state index is 13.2. The van der Waals surface area contributed by atoms with E-state index in [0.29, 0.717) is 6.54 Å². The van der Waals surface area contributed by atoms with Crippen LogP contribution in [0.25, 0.3) is 11.1 Å². The minimum absolute atomic E-state index is 0.117. The van der Waals surface area contributed by atoms with Gasteiger partial charge in [0.25, 0.3) is 0 Å². The van der Waals surface area contributed by atoms with Gasteiger partial charge in [-0.3, -0.25) is 4.90 Å². The standard InChI is InChI=1S/C25H25FN2O2/c1-17(28-16-24(30-25(28)29)21-8-12-22(26)13-9-21)18-4-6-19(7-5-18)20-10-14-23(15-11-20)27(2)3/h4-15,17,24H,16H2,1-3H3. The van der Waals surface area contributed by atoms with Gasteiger partial charge in [0.05, 0.1) is 12.6 Å². The van der Waals surface area contributed by atoms with Crippen LogP contribution in [0.2, 0.25) is 0 Å². The van der Waals surface area contributed by atoms with Crippen molar-refractivity contribution >= 4 is 11.8 Å². The van der Waals surface area contributed by atoms with Crippen LogP contribution >= 0.6 is 0 Å². The van der Waals surface area contributed by atoms with Crippen molar-refractivity contribution < 1.29 is 13.9 Å². The Morgan fingerprint density at radius 1 is 0.933 bits per heavy atom. The second-order valence-corrected chi connectivity index (χ2v) is 7.82. The van der Waals surface area contributed by atoms with Crippen LogP contribution in [0.5, 0.6) is 0 Å². The molecule has 0 aliphatic carbocycles. The lowest BCUT2D eigenvalue weighted by Crippen LogP contribution is -2.27. The zero-order valence-electron chi connectivity index (χ0n) is 17.4. The van der Waals surface area contributed by atoms with Gasteiger partial charge in [0, 0.05) is 19.8 Å². The number of nitrogens with zero attached hydrogens (tertiary/aromatic N) is 2. The third-order valence-electron chi connectivity index (χ3n) is 5.66. The Morgan fingerprint density at radius 2 is 1.50 bits per heavy atom. The molecule has 1 heterocycles. The van der Waals surface area contributed by atoms with Crippen LogP contribution in [-0.2, 0) is 4.74 Å². The van der Waals surface area contributed by atoms with Crippen LogP contribution in [0.15, 0.2) is 72.8 Å². The van der Waals surface area contributed by atoms with Crippen LogP contribution in [0.4, 0.5) is 14.9 Å². The van der Waals surface area contributed by atoms with Gasteiger partial charge in [-0.15, -0.1) is 0 Å². The highest BCUT2D eigenvalue weighted by Gasteiger charge is 2.35. The van der Waals surface area contributed by atoms with E-state index in [1.807, 2.05) is 21.0 Å². The first-order valence-electron chi connectivity index (χ1n) is 10.0. The molecule has 1 amide bonds. The molecular weight excluding hydrogens is 379 g/mol. The molecular formula is C25H25FN2O2. The summed E-state index contributed by atoms with van der Waals surface area (Å²) >= 11 is 0. The van der Waals surface area contributed by atoms with Gasteiger partial charge in [-0.1, -0.05) is 48.5 Å². The molecule has 30 heavy (non-hydrogen) atoms. The number of carbonyl (C=O) groups is 1. The summed E-state index contributed by atoms with van der Waals surface area (Å²) in [6.45, 7) is 2.44. The van der Waals surface area contributed by atoms with E-state index in [4.69, 9.17) is 4.74 Å². The van der Waals surface area contributed by atoms with E-state index in [0.717, 1.165) is 27.9 Å². The van der Waals surface area contributed by atoms with Crippen LogP contribution in [0.1, 0.15) is 30.2 Å². The lowest BCUT2D eigenvalue weighted by atomic mass is 10.0. The fourth-order valence-electron chi connectivity index (χ4n) is 3.73. The van der Waals surface area contributed by atoms with E-state index in [-0.39, 0.29) is 24.1 Å². The Kier molecular flexibility index (Phi) is 5.44. The number of benzene rings is 3. The number of hydrogen-bond acceptors (Lipinski definition) is 3. The summed E-state index contributed by atoms with van der Waals surface area (Å²) in [5, 5.41) is 0. The molecule has 3 aromatic rings. The van der Waals surface area contributed by atoms with Crippen molar-refractivity contribution in [1.29, 1.82) is 0 Å². The summed E-state index contributed by atoms with van der Waals surface area (Å²) in [6.07, 6.45) is -0.727. The Morgan fingerprint density at radius 3 is 2.07 bits per heavy atom.